The topological polar surface area (TPSA) is 21.3 Å². The molecule has 0 saturated heterocycles. The van der Waals surface area contributed by atoms with Crippen molar-refractivity contribution in [2.24, 2.45) is 0 Å². The summed E-state index contributed by atoms with van der Waals surface area (Å²) in [4.78, 5) is 0. The van der Waals surface area contributed by atoms with E-state index in [-0.39, 0.29) is 0 Å². The van der Waals surface area contributed by atoms with Crippen molar-refractivity contribution in [3.63, 3.8) is 0 Å². The van der Waals surface area contributed by atoms with Gasteiger partial charge in [0.2, 0.25) is 0 Å². The molecular formula is C13H29NO. The largest absolute Gasteiger partial charge is 0.381 e. The molecule has 2 heteroatoms. The predicted octanol–water partition coefficient (Wildman–Crippen LogP) is 3.36. The van der Waals surface area contributed by atoms with E-state index in [4.69, 9.17) is 4.74 Å². The lowest BCUT2D eigenvalue weighted by molar-refractivity contribution is 0.126. The zero-order valence-corrected chi connectivity index (χ0v) is 10.7. The number of hydrogen-bond acceptors (Lipinski definition) is 2. The smallest absolute Gasteiger partial charge is 0.0466 e. The minimum atomic E-state index is 0.956. The average Bonchev–Trinajstić information content (AvgIpc) is 2.26. The third-order valence-electron chi connectivity index (χ3n) is 2.61. The van der Waals surface area contributed by atoms with Gasteiger partial charge in [-0.1, -0.05) is 32.6 Å². The second-order valence-corrected chi connectivity index (χ2v) is 4.19. The minimum absolute atomic E-state index is 0.956. The molecule has 15 heavy (non-hydrogen) atoms. The van der Waals surface area contributed by atoms with E-state index in [0.717, 1.165) is 19.8 Å². The maximum Gasteiger partial charge on any atom is 0.0466 e. The van der Waals surface area contributed by atoms with Gasteiger partial charge in [-0.3, -0.25) is 0 Å². The maximum atomic E-state index is 5.57. The van der Waals surface area contributed by atoms with Crippen molar-refractivity contribution in [3.05, 3.63) is 0 Å². The number of ether oxygens (including phenoxy) is 1. The Morgan fingerprint density at radius 1 is 0.800 bits per heavy atom. The van der Waals surface area contributed by atoms with Crippen LogP contribution in [0.1, 0.15) is 58.3 Å². The van der Waals surface area contributed by atoms with Gasteiger partial charge in [0, 0.05) is 13.2 Å². The number of unbranched alkanes of at least 4 members (excludes halogenated alkanes) is 6. The van der Waals surface area contributed by atoms with Crippen LogP contribution < -0.4 is 5.32 Å². The van der Waals surface area contributed by atoms with E-state index >= 15 is 0 Å². The maximum absolute atomic E-state index is 5.57. The van der Waals surface area contributed by atoms with Gasteiger partial charge in [0.15, 0.2) is 0 Å². The summed E-state index contributed by atoms with van der Waals surface area (Å²) in [6, 6.07) is 0. The molecule has 0 bridgehead atoms. The fraction of sp³-hybridized carbons (Fsp3) is 1.00. The molecule has 0 aliphatic heterocycles. The first-order chi connectivity index (χ1) is 7.41. The average molecular weight is 215 g/mol. The standard InChI is InChI=1S/C13H29NO/c1-3-4-5-6-9-12-15-13-10-7-8-11-14-2/h14H,3-13H2,1-2H3. The molecule has 0 unspecified atom stereocenters. The van der Waals surface area contributed by atoms with Crippen molar-refractivity contribution >= 4 is 0 Å². The molecule has 1 N–H and O–H groups in total. The van der Waals surface area contributed by atoms with Crippen LogP contribution in [0.15, 0.2) is 0 Å². The van der Waals surface area contributed by atoms with Gasteiger partial charge in [0.25, 0.3) is 0 Å². The lowest BCUT2D eigenvalue weighted by Gasteiger charge is -2.04. The van der Waals surface area contributed by atoms with Crippen LogP contribution in [0.4, 0.5) is 0 Å². The number of hydrogen-bond donors (Lipinski definition) is 1. The van der Waals surface area contributed by atoms with Crippen molar-refractivity contribution in [1.29, 1.82) is 0 Å². The highest BCUT2D eigenvalue weighted by Crippen LogP contribution is 2.02. The van der Waals surface area contributed by atoms with Crippen LogP contribution in [0.3, 0.4) is 0 Å². The van der Waals surface area contributed by atoms with Crippen LogP contribution in [-0.2, 0) is 4.74 Å². The second kappa shape index (κ2) is 13.9. The fourth-order valence-corrected chi connectivity index (χ4v) is 1.59. The SMILES string of the molecule is CCCCCCCOCCCCCNC. The molecule has 0 aromatic rings. The highest BCUT2D eigenvalue weighted by atomic mass is 16.5. The summed E-state index contributed by atoms with van der Waals surface area (Å²) >= 11 is 0. The molecule has 0 aromatic carbocycles. The van der Waals surface area contributed by atoms with Crippen LogP contribution in [0.2, 0.25) is 0 Å². The number of rotatable bonds is 12. The summed E-state index contributed by atoms with van der Waals surface area (Å²) in [7, 11) is 2.01. The van der Waals surface area contributed by atoms with Gasteiger partial charge in [-0.05, 0) is 39.3 Å². The van der Waals surface area contributed by atoms with E-state index in [2.05, 4.69) is 12.2 Å². The van der Waals surface area contributed by atoms with Gasteiger partial charge in [-0.2, -0.15) is 0 Å². The second-order valence-electron chi connectivity index (χ2n) is 4.19. The van der Waals surface area contributed by atoms with Gasteiger partial charge >= 0.3 is 0 Å². The Balaban J connectivity index is 2.81. The van der Waals surface area contributed by atoms with Crippen LogP contribution >= 0.6 is 0 Å². The van der Waals surface area contributed by atoms with Crippen molar-refractivity contribution in [3.8, 4) is 0 Å². The van der Waals surface area contributed by atoms with Crippen LogP contribution in [0, 0.1) is 0 Å². The van der Waals surface area contributed by atoms with Crippen LogP contribution in [-0.4, -0.2) is 26.8 Å². The lowest BCUT2D eigenvalue weighted by Crippen LogP contribution is -2.07. The molecule has 0 aliphatic carbocycles. The predicted molar refractivity (Wildman–Crippen MR) is 67.4 cm³/mol. The third kappa shape index (κ3) is 13.9. The van der Waals surface area contributed by atoms with E-state index in [1.165, 1.54) is 51.4 Å². The summed E-state index contributed by atoms with van der Waals surface area (Å²) in [6.07, 6.45) is 10.5. The van der Waals surface area contributed by atoms with Crippen molar-refractivity contribution in [1.82, 2.24) is 5.32 Å². The molecule has 0 heterocycles. The quantitative estimate of drug-likeness (QED) is 0.504. The van der Waals surface area contributed by atoms with Crippen molar-refractivity contribution in [2.45, 2.75) is 58.3 Å². The van der Waals surface area contributed by atoms with Gasteiger partial charge < -0.3 is 10.1 Å². The Bertz CT molecular complexity index is 94.7. The molecule has 0 amide bonds. The van der Waals surface area contributed by atoms with E-state index in [1.54, 1.807) is 0 Å². The van der Waals surface area contributed by atoms with E-state index in [1.807, 2.05) is 7.05 Å². The lowest BCUT2D eigenvalue weighted by atomic mass is 10.2. The van der Waals surface area contributed by atoms with E-state index in [0.29, 0.717) is 0 Å². The molecule has 2 nitrogen and oxygen atoms in total. The normalized spacial score (nSPS) is 10.8. The molecular weight excluding hydrogens is 186 g/mol. The Kier molecular flexibility index (Phi) is 13.8. The summed E-state index contributed by atoms with van der Waals surface area (Å²) in [5, 5.41) is 3.16. The monoisotopic (exact) mass is 215 g/mol. The van der Waals surface area contributed by atoms with Gasteiger partial charge in [-0.15, -0.1) is 0 Å². The highest BCUT2D eigenvalue weighted by Gasteiger charge is 1.91. The third-order valence-corrected chi connectivity index (χ3v) is 2.61. The van der Waals surface area contributed by atoms with E-state index in [9.17, 15) is 0 Å². The summed E-state index contributed by atoms with van der Waals surface area (Å²) < 4.78 is 5.57. The van der Waals surface area contributed by atoms with Crippen LogP contribution in [0.25, 0.3) is 0 Å². The Labute approximate surface area is 95.8 Å². The molecule has 0 aliphatic rings. The summed E-state index contributed by atoms with van der Waals surface area (Å²) in [5.74, 6) is 0. The Morgan fingerprint density at radius 2 is 1.40 bits per heavy atom. The van der Waals surface area contributed by atoms with Crippen molar-refractivity contribution in [2.75, 3.05) is 26.8 Å². The minimum Gasteiger partial charge on any atom is -0.381 e. The first kappa shape index (κ1) is 14.9. The van der Waals surface area contributed by atoms with Gasteiger partial charge in [0.05, 0.1) is 0 Å². The highest BCUT2D eigenvalue weighted by molar-refractivity contribution is 4.45. The molecule has 0 saturated carbocycles. The summed E-state index contributed by atoms with van der Waals surface area (Å²) in [6.45, 7) is 5.31. The summed E-state index contributed by atoms with van der Waals surface area (Å²) in [5.41, 5.74) is 0. The first-order valence-corrected chi connectivity index (χ1v) is 6.64. The van der Waals surface area contributed by atoms with E-state index < -0.39 is 0 Å². The number of nitrogens with one attached hydrogen (secondary N) is 1. The molecule has 0 rings (SSSR count). The van der Waals surface area contributed by atoms with Crippen molar-refractivity contribution < 1.29 is 4.74 Å². The molecule has 92 valence electrons. The van der Waals surface area contributed by atoms with Crippen LogP contribution in [0.5, 0.6) is 0 Å². The fourth-order valence-electron chi connectivity index (χ4n) is 1.59. The molecule has 0 aromatic heterocycles. The van der Waals surface area contributed by atoms with Gasteiger partial charge in [-0.25, -0.2) is 0 Å². The van der Waals surface area contributed by atoms with Gasteiger partial charge in [0.1, 0.15) is 0 Å². The molecule has 0 radical (unpaired) electrons. The molecule has 0 fully saturated rings. The zero-order chi connectivity index (χ0) is 11.2. The molecule has 0 spiro atoms. The Hall–Kier alpha value is -0.0800. The Morgan fingerprint density at radius 3 is 2.00 bits per heavy atom. The zero-order valence-electron chi connectivity index (χ0n) is 10.7. The first-order valence-electron chi connectivity index (χ1n) is 6.64. The molecule has 0 atom stereocenters.